The van der Waals surface area contributed by atoms with E-state index in [-0.39, 0.29) is 24.6 Å². The highest BCUT2D eigenvalue weighted by Gasteiger charge is 2.17. The number of carbonyl (C=O) groups is 2. The van der Waals surface area contributed by atoms with Gasteiger partial charge in [0.25, 0.3) is 5.91 Å². The van der Waals surface area contributed by atoms with Crippen LogP contribution in [0.4, 0.5) is 10.5 Å². The summed E-state index contributed by atoms with van der Waals surface area (Å²) in [5.74, 6) is 0.384. The van der Waals surface area contributed by atoms with Crippen molar-refractivity contribution in [2.45, 2.75) is 19.9 Å². The fourth-order valence-electron chi connectivity index (χ4n) is 2.38. The van der Waals surface area contributed by atoms with Gasteiger partial charge in [0.2, 0.25) is 0 Å². The minimum absolute atomic E-state index is 0.0408. The number of likely N-dealkylation sites (N-methyl/N-ethyl adjacent to an activating group) is 1. The van der Waals surface area contributed by atoms with Crippen LogP contribution in [0, 0.1) is 0 Å². The first-order valence-electron chi connectivity index (χ1n) is 8.69. The normalized spacial score (nSPS) is 11.4. The van der Waals surface area contributed by atoms with Gasteiger partial charge in [-0.1, -0.05) is 23.7 Å². The van der Waals surface area contributed by atoms with Gasteiger partial charge < -0.3 is 20.3 Å². The van der Waals surface area contributed by atoms with Crippen LogP contribution in [0.5, 0.6) is 5.75 Å². The standard InChI is InChI=1S/C20H24ClN3O3/c1-4-22-19(25)13-27-18-11-9-17(10-12-18)23-20(26)24(3)14(2)15-5-7-16(21)8-6-15/h5-12,14H,4,13H2,1-3H3,(H,22,25)(H,23,26)/t14-/m0/s1. The number of urea groups is 1. The van der Waals surface area contributed by atoms with Gasteiger partial charge in [-0.05, 0) is 55.8 Å². The Morgan fingerprint density at radius 2 is 1.74 bits per heavy atom. The Kier molecular flexibility index (Phi) is 7.49. The number of anilines is 1. The smallest absolute Gasteiger partial charge is 0.322 e. The lowest BCUT2D eigenvalue weighted by Crippen LogP contribution is -2.33. The first-order chi connectivity index (χ1) is 12.9. The van der Waals surface area contributed by atoms with E-state index >= 15 is 0 Å². The number of ether oxygens (including phenoxy) is 1. The fourth-order valence-corrected chi connectivity index (χ4v) is 2.51. The average Bonchev–Trinajstić information content (AvgIpc) is 2.67. The van der Waals surface area contributed by atoms with Crippen LogP contribution in [0.15, 0.2) is 48.5 Å². The van der Waals surface area contributed by atoms with E-state index in [4.69, 9.17) is 16.3 Å². The summed E-state index contributed by atoms with van der Waals surface area (Å²) < 4.78 is 5.39. The molecule has 0 unspecified atom stereocenters. The Hall–Kier alpha value is -2.73. The van der Waals surface area contributed by atoms with Crippen LogP contribution < -0.4 is 15.4 Å². The molecule has 0 saturated carbocycles. The van der Waals surface area contributed by atoms with Crippen molar-refractivity contribution in [1.82, 2.24) is 10.2 Å². The number of carbonyl (C=O) groups excluding carboxylic acids is 2. The molecule has 3 amide bonds. The van der Waals surface area contributed by atoms with Crippen LogP contribution >= 0.6 is 11.6 Å². The maximum absolute atomic E-state index is 12.5. The van der Waals surface area contributed by atoms with E-state index in [0.29, 0.717) is 23.0 Å². The molecule has 0 aliphatic carbocycles. The molecule has 2 N–H and O–H groups in total. The Bertz CT molecular complexity index is 763. The highest BCUT2D eigenvalue weighted by molar-refractivity contribution is 6.30. The molecule has 6 nitrogen and oxygen atoms in total. The molecule has 27 heavy (non-hydrogen) atoms. The maximum Gasteiger partial charge on any atom is 0.322 e. The van der Waals surface area contributed by atoms with Crippen molar-refractivity contribution in [3.8, 4) is 5.75 Å². The summed E-state index contributed by atoms with van der Waals surface area (Å²) in [5.41, 5.74) is 1.63. The highest BCUT2D eigenvalue weighted by Crippen LogP contribution is 2.22. The number of hydrogen-bond acceptors (Lipinski definition) is 3. The molecular formula is C20H24ClN3O3. The number of nitrogens with zero attached hydrogens (tertiary/aromatic N) is 1. The molecule has 0 saturated heterocycles. The average molecular weight is 390 g/mol. The van der Waals surface area contributed by atoms with E-state index in [1.54, 1.807) is 48.3 Å². The van der Waals surface area contributed by atoms with Gasteiger partial charge in [0.1, 0.15) is 5.75 Å². The third kappa shape index (κ3) is 6.18. The third-order valence-electron chi connectivity index (χ3n) is 4.10. The molecule has 0 heterocycles. The Morgan fingerprint density at radius 1 is 1.11 bits per heavy atom. The van der Waals surface area contributed by atoms with Crippen molar-refractivity contribution in [1.29, 1.82) is 0 Å². The van der Waals surface area contributed by atoms with Crippen molar-refractivity contribution in [2.24, 2.45) is 0 Å². The minimum atomic E-state index is -0.228. The lowest BCUT2D eigenvalue weighted by atomic mass is 10.1. The summed E-state index contributed by atoms with van der Waals surface area (Å²) in [7, 11) is 1.73. The molecule has 1 atom stereocenters. The van der Waals surface area contributed by atoms with E-state index in [0.717, 1.165) is 5.56 Å². The van der Waals surface area contributed by atoms with Crippen LogP contribution in [0.25, 0.3) is 0 Å². The van der Waals surface area contributed by atoms with Crippen molar-refractivity contribution in [2.75, 3.05) is 25.5 Å². The van der Waals surface area contributed by atoms with E-state index in [9.17, 15) is 9.59 Å². The zero-order chi connectivity index (χ0) is 19.8. The molecule has 7 heteroatoms. The zero-order valence-electron chi connectivity index (χ0n) is 15.7. The van der Waals surface area contributed by atoms with Gasteiger partial charge in [-0.25, -0.2) is 4.79 Å². The Balaban J connectivity index is 1.90. The summed E-state index contributed by atoms with van der Waals surface area (Å²) in [6.45, 7) is 4.32. The Labute approximate surface area is 164 Å². The summed E-state index contributed by atoms with van der Waals surface area (Å²) in [6, 6.07) is 13.9. The van der Waals surface area contributed by atoms with Gasteiger partial charge in [-0.15, -0.1) is 0 Å². The molecular weight excluding hydrogens is 366 g/mol. The van der Waals surface area contributed by atoms with E-state index in [1.807, 2.05) is 26.0 Å². The number of nitrogens with one attached hydrogen (secondary N) is 2. The molecule has 2 rings (SSSR count). The van der Waals surface area contributed by atoms with Crippen molar-refractivity contribution < 1.29 is 14.3 Å². The quantitative estimate of drug-likeness (QED) is 0.749. The maximum atomic E-state index is 12.5. The first kappa shape index (κ1) is 20.6. The van der Waals surface area contributed by atoms with E-state index in [2.05, 4.69) is 10.6 Å². The molecule has 2 aromatic carbocycles. The van der Waals surface area contributed by atoms with E-state index in [1.165, 1.54) is 0 Å². The summed E-state index contributed by atoms with van der Waals surface area (Å²) >= 11 is 5.91. The predicted octanol–water partition coefficient (Wildman–Crippen LogP) is 4.08. The second kappa shape index (κ2) is 9.83. The van der Waals surface area contributed by atoms with Crippen LogP contribution in [0.3, 0.4) is 0 Å². The summed E-state index contributed by atoms with van der Waals surface area (Å²) in [5, 5.41) is 6.16. The molecule has 0 aliphatic heterocycles. The molecule has 0 bridgehead atoms. The molecule has 0 spiro atoms. The highest BCUT2D eigenvalue weighted by atomic mass is 35.5. The number of halogens is 1. The van der Waals surface area contributed by atoms with Crippen molar-refractivity contribution >= 4 is 29.2 Å². The number of amides is 3. The third-order valence-corrected chi connectivity index (χ3v) is 4.36. The van der Waals surface area contributed by atoms with Crippen LogP contribution in [0.2, 0.25) is 5.02 Å². The van der Waals surface area contributed by atoms with Gasteiger partial charge in [-0.3, -0.25) is 4.79 Å². The number of hydrogen-bond donors (Lipinski definition) is 2. The minimum Gasteiger partial charge on any atom is -0.484 e. The Morgan fingerprint density at radius 3 is 2.33 bits per heavy atom. The van der Waals surface area contributed by atoms with Crippen molar-refractivity contribution in [3.63, 3.8) is 0 Å². The summed E-state index contributed by atoms with van der Waals surface area (Å²) in [4.78, 5) is 25.5. The van der Waals surface area contributed by atoms with Crippen molar-refractivity contribution in [3.05, 3.63) is 59.1 Å². The molecule has 0 aromatic heterocycles. The van der Waals surface area contributed by atoms with E-state index < -0.39 is 0 Å². The first-order valence-corrected chi connectivity index (χ1v) is 9.07. The lowest BCUT2D eigenvalue weighted by Gasteiger charge is -2.25. The molecule has 2 aromatic rings. The van der Waals surface area contributed by atoms with Gasteiger partial charge in [-0.2, -0.15) is 0 Å². The van der Waals surface area contributed by atoms with Crippen LogP contribution in [-0.2, 0) is 4.79 Å². The zero-order valence-corrected chi connectivity index (χ0v) is 16.4. The SMILES string of the molecule is CCNC(=O)COc1ccc(NC(=O)N(C)[C@@H](C)c2ccc(Cl)cc2)cc1. The second-order valence-electron chi connectivity index (χ2n) is 6.04. The number of rotatable bonds is 7. The fraction of sp³-hybridized carbons (Fsp3) is 0.300. The lowest BCUT2D eigenvalue weighted by molar-refractivity contribution is -0.122. The molecule has 0 radical (unpaired) electrons. The van der Waals surface area contributed by atoms with Gasteiger partial charge in [0.05, 0.1) is 6.04 Å². The number of benzene rings is 2. The van der Waals surface area contributed by atoms with Crippen LogP contribution in [-0.4, -0.2) is 37.0 Å². The molecule has 0 aliphatic rings. The second-order valence-corrected chi connectivity index (χ2v) is 6.47. The van der Waals surface area contributed by atoms with Gasteiger partial charge in [0, 0.05) is 24.3 Å². The topological polar surface area (TPSA) is 70.7 Å². The summed E-state index contributed by atoms with van der Waals surface area (Å²) in [6.07, 6.45) is 0. The van der Waals surface area contributed by atoms with Gasteiger partial charge in [0.15, 0.2) is 6.61 Å². The predicted molar refractivity (Wildman–Crippen MR) is 107 cm³/mol. The van der Waals surface area contributed by atoms with Crippen LogP contribution in [0.1, 0.15) is 25.5 Å². The molecule has 144 valence electrons. The largest absolute Gasteiger partial charge is 0.484 e. The molecule has 0 fully saturated rings. The van der Waals surface area contributed by atoms with Gasteiger partial charge >= 0.3 is 6.03 Å². The monoisotopic (exact) mass is 389 g/mol.